The molecular formula is C9H7F3N2. The Hall–Kier alpha value is -1.57. The van der Waals surface area contributed by atoms with E-state index in [0.29, 0.717) is 0 Å². The molecule has 0 fully saturated rings. The zero-order valence-corrected chi connectivity index (χ0v) is 7.34. The Morgan fingerprint density at radius 2 is 2.14 bits per heavy atom. The average molecular weight is 200 g/mol. The lowest BCUT2D eigenvalue weighted by atomic mass is 9.99. The largest absolute Gasteiger partial charge is 0.418 e. The smallest absolute Gasteiger partial charge is 0.264 e. The van der Waals surface area contributed by atoms with Crippen LogP contribution in [0.1, 0.15) is 24.0 Å². The topological polar surface area (TPSA) is 36.7 Å². The first-order chi connectivity index (χ1) is 6.46. The van der Waals surface area contributed by atoms with Gasteiger partial charge in [0.15, 0.2) is 0 Å². The third-order valence-electron chi connectivity index (χ3n) is 1.82. The van der Waals surface area contributed by atoms with E-state index in [4.69, 9.17) is 5.26 Å². The van der Waals surface area contributed by atoms with Crippen molar-refractivity contribution < 1.29 is 13.2 Å². The second kappa shape index (κ2) is 3.66. The third-order valence-corrected chi connectivity index (χ3v) is 1.82. The van der Waals surface area contributed by atoms with Gasteiger partial charge >= 0.3 is 6.18 Å². The Morgan fingerprint density at radius 1 is 1.50 bits per heavy atom. The van der Waals surface area contributed by atoms with Crippen molar-refractivity contribution >= 4 is 0 Å². The fourth-order valence-electron chi connectivity index (χ4n) is 1.09. The van der Waals surface area contributed by atoms with Gasteiger partial charge < -0.3 is 0 Å². The molecule has 1 heterocycles. The molecule has 14 heavy (non-hydrogen) atoms. The fraction of sp³-hybridized carbons (Fsp3) is 0.333. The summed E-state index contributed by atoms with van der Waals surface area (Å²) in [6.07, 6.45) is -2.46. The zero-order chi connectivity index (χ0) is 10.8. The summed E-state index contributed by atoms with van der Waals surface area (Å²) in [7, 11) is 0. The molecule has 0 N–H and O–H groups in total. The highest BCUT2D eigenvalue weighted by Crippen LogP contribution is 2.34. The normalized spacial score (nSPS) is 13.4. The summed E-state index contributed by atoms with van der Waals surface area (Å²) in [5.74, 6) is -0.783. The van der Waals surface area contributed by atoms with Crippen molar-refractivity contribution in [1.29, 1.82) is 5.26 Å². The second-order valence-corrected chi connectivity index (χ2v) is 2.81. The number of nitrogens with zero attached hydrogens (tertiary/aromatic N) is 2. The number of rotatable bonds is 1. The molecule has 1 rings (SSSR count). The molecule has 1 atom stereocenters. The van der Waals surface area contributed by atoms with Crippen LogP contribution in [-0.2, 0) is 6.18 Å². The number of hydrogen-bond acceptors (Lipinski definition) is 2. The first-order valence-corrected chi connectivity index (χ1v) is 3.87. The van der Waals surface area contributed by atoms with E-state index in [1.54, 1.807) is 6.07 Å². The van der Waals surface area contributed by atoms with Crippen LogP contribution in [0.2, 0.25) is 0 Å². The molecule has 0 radical (unpaired) electrons. The quantitative estimate of drug-likeness (QED) is 0.698. The van der Waals surface area contributed by atoms with Gasteiger partial charge in [0.1, 0.15) is 0 Å². The number of alkyl halides is 3. The van der Waals surface area contributed by atoms with Gasteiger partial charge in [-0.1, -0.05) is 0 Å². The molecule has 1 unspecified atom stereocenters. The SMILES string of the molecule is CC(C#N)c1ccncc1C(F)(F)F. The predicted molar refractivity (Wildman–Crippen MR) is 43.3 cm³/mol. The molecule has 0 aliphatic rings. The molecule has 1 aromatic rings. The maximum absolute atomic E-state index is 12.4. The number of nitriles is 1. The van der Waals surface area contributed by atoms with Crippen LogP contribution in [0, 0.1) is 11.3 Å². The maximum Gasteiger partial charge on any atom is 0.418 e. The monoisotopic (exact) mass is 200 g/mol. The summed E-state index contributed by atoms with van der Waals surface area (Å²) in [5.41, 5.74) is -0.871. The lowest BCUT2D eigenvalue weighted by molar-refractivity contribution is -0.138. The number of aromatic nitrogens is 1. The van der Waals surface area contributed by atoms with Crippen LogP contribution >= 0.6 is 0 Å². The molecule has 2 nitrogen and oxygen atoms in total. The Morgan fingerprint density at radius 3 is 2.64 bits per heavy atom. The Balaban J connectivity index is 3.25. The van der Waals surface area contributed by atoms with E-state index in [2.05, 4.69) is 4.98 Å². The fourth-order valence-corrected chi connectivity index (χ4v) is 1.09. The minimum atomic E-state index is -4.45. The van der Waals surface area contributed by atoms with E-state index in [-0.39, 0.29) is 5.56 Å². The minimum Gasteiger partial charge on any atom is -0.264 e. The van der Waals surface area contributed by atoms with Crippen molar-refractivity contribution in [2.75, 3.05) is 0 Å². The van der Waals surface area contributed by atoms with Crippen LogP contribution in [0.4, 0.5) is 13.2 Å². The van der Waals surface area contributed by atoms with Gasteiger partial charge in [0.05, 0.1) is 17.6 Å². The van der Waals surface area contributed by atoms with Crippen molar-refractivity contribution in [3.05, 3.63) is 29.6 Å². The molecule has 1 aromatic heterocycles. The van der Waals surface area contributed by atoms with E-state index in [1.165, 1.54) is 19.2 Å². The van der Waals surface area contributed by atoms with E-state index in [9.17, 15) is 13.2 Å². The van der Waals surface area contributed by atoms with Crippen LogP contribution in [0.3, 0.4) is 0 Å². The minimum absolute atomic E-state index is 0.0324. The predicted octanol–water partition coefficient (Wildman–Crippen LogP) is 2.73. The Bertz CT molecular complexity index is 365. The van der Waals surface area contributed by atoms with Gasteiger partial charge in [0.2, 0.25) is 0 Å². The summed E-state index contributed by atoms with van der Waals surface area (Å²) >= 11 is 0. The van der Waals surface area contributed by atoms with Crippen molar-refractivity contribution in [3.8, 4) is 6.07 Å². The van der Waals surface area contributed by atoms with E-state index >= 15 is 0 Å². The Labute approximate surface area is 79.0 Å². The van der Waals surface area contributed by atoms with Crippen LogP contribution < -0.4 is 0 Å². The highest BCUT2D eigenvalue weighted by atomic mass is 19.4. The van der Waals surface area contributed by atoms with Crippen molar-refractivity contribution in [1.82, 2.24) is 4.98 Å². The Kier molecular flexibility index (Phi) is 2.75. The van der Waals surface area contributed by atoms with Gasteiger partial charge in [-0.3, -0.25) is 4.98 Å². The molecule has 0 bridgehead atoms. The van der Waals surface area contributed by atoms with Crippen LogP contribution in [0.15, 0.2) is 18.5 Å². The molecular weight excluding hydrogens is 193 g/mol. The maximum atomic E-state index is 12.4. The molecule has 0 spiro atoms. The molecule has 5 heteroatoms. The van der Waals surface area contributed by atoms with Crippen molar-refractivity contribution in [3.63, 3.8) is 0 Å². The van der Waals surface area contributed by atoms with Gasteiger partial charge in [-0.15, -0.1) is 0 Å². The molecule has 74 valence electrons. The van der Waals surface area contributed by atoms with Gasteiger partial charge in [-0.25, -0.2) is 0 Å². The molecule has 0 amide bonds. The average Bonchev–Trinajstić information content (AvgIpc) is 2.15. The summed E-state index contributed by atoms with van der Waals surface area (Å²) < 4.78 is 37.2. The molecule has 0 saturated heterocycles. The summed E-state index contributed by atoms with van der Waals surface area (Å²) in [4.78, 5) is 3.40. The summed E-state index contributed by atoms with van der Waals surface area (Å²) in [6.45, 7) is 1.42. The highest BCUT2D eigenvalue weighted by Gasteiger charge is 2.34. The highest BCUT2D eigenvalue weighted by molar-refractivity contribution is 5.32. The van der Waals surface area contributed by atoms with E-state index in [1.807, 2.05) is 0 Å². The van der Waals surface area contributed by atoms with Crippen molar-refractivity contribution in [2.45, 2.75) is 19.0 Å². The lowest BCUT2D eigenvalue weighted by Gasteiger charge is -2.12. The summed E-state index contributed by atoms with van der Waals surface area (Å²) in [6, 6.07) is 2.98. The molecule has 0 aliphatic heterocycles. The van der Waals surface area contributed by atoms with E-state index in [0.717, 1.165) is 6.20 Å². The number of pyridine rings is 1. The van der Waals surface area contributed by atoms with Gasteiger partial charge in [0, 0.05) is 12.4 Å². The summed E-state index contributed by atoms with van der Waals surface area (Å²) in [5, 5.41) is 8.54. The molecule has 0 saturated carbocycles. The first kappa shape index (κ1) is 10.5. The third kappa shape index (κ3) is 2.02. The van der Waals surface area contributed by atoms with Gasteiger partial charge in [0.25, 0.3) is 0 Å². The molecule has 0 aromatic carbocycles. The first-order valence-electron chi connectivity index (χ1n) is 3.87. The lowest BCUT2D eigenvalue weighted by Crippen LogP contribution is -2.10. The van der Waals surface area contributed by atoms with Crippen LogP contribution in [-0.4, -0.2) is 4.98 Å². The standard InChI is InChI=1S/C9H7F3N2/c1-6(4-13)7-2-3-14-5-8(7)9(10,11)12/h2-3,5-6H,1H3. The zero-order valence-electron chi connectivity index (χ0n) is 7.34. The number of halogens is 3. The van der Waals surface area contributed by atoms with E-state index < -0.39 is 17.7 Å². The molecule has 0 aliphatic carbocycles. The van der Waals surface area contributed by atoms with Gasteiger partial charge in [-0.2, -0.15) is 18.4 Å². The van der Waals surface area contributed by atoms with Crippen LogP contribution in [0.25, 0.3) is 0 Å². The second-order valence-electron chi connectivity index (χ2n) is 2.81. The van der Waals surface area contributed by atoms with Crippen LogP contribution in [0.5, 0.6) is 0 Å². The number of hydrogen-bond donors (Lipinski definition) is 0. The van der Waals surface area contributed by atoms with Crippen molar-refractivity contribution in [2.24, 2.45) is 0 Å². The van der Waals surface area contributed by atoms with Gasteiger partial charge in [-0.05, 0) is 18.6 Å².